The Kier molecular flexibility index (Phi) is 12.4. The predicted octanol–water partition coefficient (Wildman–Crippen LogP) is 21.0. The Bertz CT molecular complexity index is 4560. The summed E-state index contributed by atoms with van der Waals surface area (Å²) in [4.78, 5) is 0. The molecule has 0 bridgehead atoms. The van der Waals surface area contributed by atoms with Gasteiger partial charge in [0.15, 0.2) is 0 Å². The molecule has 0 unspecified atom stereocenters. The van der Waals surface area contributed by atoms with E-state index in [1.165, 1.54) is 0 Å². The van der Waals surface area contributed by atoms with Crippen LogP contribution in [-0.2, 0) is 12.4 Å². The minimum Gasteiger partial charge on any atom is -0.309 e. The molecule has 0 spiro atoms. The minimum absolute atomic E-state index is 0.0955. The zero-order chi connectivity index (χ0) is 56.8. The van der Waals surface area contributed by atoms with Crippen molar-refractivity contribution in [2.24, 2.45) is 0 Å². The lowest BCUT2D eigenvalue weighted by molar-refractivity contribution is -0.143. The highest BCUT2D eigenvalue weighted by atomic mass is 19.4. The molecule has 0 aliphatic heterocycles. The van der Waals surface area contributed by atoms with Crippen molar-refractivity contribution >= 4 is 43.6 Å². The fourth-order valence-corrected chi connectivity index (χ4v) is 11.8. The third kappa shape index (κ3) is 9.26. The Morgan fingerprint density at radius 3 is 1.04 bits per heavy atom. The van der Waals surface area contributed by atoms with Crippen LogP contribution in [0.2, 0.25) is 0 Å². The molecule has 0 fully saturated rings. The normalized spacial score (nSPS) is 12.0. The Morgan fingerprint density at radius 2 is 0.671 bits per heavy atom. The number of hydrogen-bond acceptors (Lipinski definition) is 1. The zero-order valence-electron chi connectivity index (χ0n) is 45.0. The number of halogens is 6. The van der Waals surface area contributed by atoms with Crippen LogP contribution in [0.4, 0.5) is 26.3 Å². The van der Waals surface area contributed by atoms with Gasteiger partial charge in [-0.1, -0.05) is 150 Å². The van der Waals surface area contributed by atoms with E-state index in [9.17, 15) is 31.6 Å². The zero-order valence-corrected chi connectivity index (χ0v) is 45.0. The van der Waals surface area contributed by atoms with Gasteiger partial charge >= 0.3 is 12.4 Å². The van der Waals surface area contributed by atoms with Gasteiger partial charge in [-0.2, -0.15) is 31.6 Å². The van der Waals surface area contributed by atoms with Crippen molar-refractivity contribution in [2.75, 3.05) is 0 Å². The smallest absolute Gasteiger partial charge is 0.309 e. The first kappa shape index (κ1) is 51.5. The van der Waals surface area contributed by atoms with Crippen LogP contribution in [0.5, 0.6) is 0 Å². The maximum absolute atomic E-state index is 14.6. The fourth-order valence-electron chi connectivity index (χ4n) is 11.8. The van der Waals surface area contributed by atoms with Crippen LogP contribution in [0.15, 0.2) is 224 Å². The van der Waals surface area contributed by atoms with Crippen LogP contribution < -0.4 is 0 Å². The molecule has 0 radical (unpaired) electrons. The molecule has 2 aromatic heterocycles. The average molecular weight is 1080 g/mol. The molecule has 3 nitrogen and oxygen atoms in total. The number of alkyl halides is 6. The summed E-state index contributed by atoms with van der Waals surface area (Å²) in [6, 6.07) is 73.1. The summed E-state index contributed by atoms with van der Waals surface area (Å²) in [5, 5.41) is 15.0. The molecule has 82 heavy (non-hydrogen) atoms. The monoisotopic (exact) mass is 1080 g/mol. The number of rotatable bonds is 8. The first-order chi connectivity index (χ1) is 39.4. The number of aromatic nitrogens is 2. The highest BCUT2D eigenvalue weighted by Gasteiger charge is 2.37. The Hall–Kier alpha value is -9.91. The van der Waals surface area contributed by atoms with E-state index in [-0.39, 0.29) is 22.8 Å². The maximum Gasteiger partial charge on any atom is 0.416 e. The van der Waals surface area contributed by atoms with Crippen molar-refractivity contribution in [3.05, 3.63) is 263 Å². The van der Waals surface area contributed by atoms with E-state index in [2.05, 4.69) is 163 Å². The first-order valence-electron chi connectivity index (χ1n) is 26.9. The molecule has 13 aromatic rings. The highest BCUT2D eigenvalue weighted by Crippen LogP contribution is 2.46. The summed E-state index contributed by atoms with van der Waals surface area (Å²) >= 11 is 0. The van der Waals surface area contributed by atoms with E-state index in [0.717, 1.165) is 123 Å². The maximum atomic E-state index is 14.6. The standard InChI is InChI=1S/C73H49F6N3/c1-43-9-5-13-47(29-43)51-18-24-67-63(35-51)64-36-52(48-14-6-10-44(2)30-48)19-25-68(64)81(67)60-23-17-56(42-80)61(41-60)62-39-55(57-33-58(72(74,75)76)40-59(34-57)73(77,78)79)22-28-69(62)82-70-26-20-53(49-15-7-11-45(3)31-49)37-65(70)66-38-54(21-27-71(66)82)50-16-8-12-46(4)32-50/h5-41H,1-4H3. The van der Waals surface area contributed by atoms with Crippen LogP contribution in [0, 0.1) is 39.0 Å². The van der Waals surface area contributed by atoms with Gasteiger partial charge in [0.25, 0.3) is 0 Å². The number of nitrogens with zero attached hydrogens (tertiary/aromatic N) is 3. The van der Waals surface area contributed by atoms with Crippen molar-refractivity contribution in [2.45, 2.75) is 40.0 Å². The van der Waals surface area contributed by atoms with Crippen LogP contribution in [0.1, 0.15) is 38.9 Å². The third-order valence-electron chi connectivity index (χ3n) is 15.8. The lowest BCUT2D eigenvalue weighted by Crippen LogP contribution is -2.11. The topological polar surface area (TPSA) is 33.6 Å². The van der Waals surface area contributed by atoms with Crippen LogP contribution in [0.3, 0.4) is 0 Å². The second-order valence-electron chi connectivity index (χ2n) is 21.4. The van der Waals surface area contributed by atoms with Crippen molar-refractivity contribution in [1.29, 1.82) is 5.26 Å². The van der Waals surface area contributed by atoms with Crippen molar-refractivity contribution in [3.63, 3.8) is 0 Å². The molecule has 0 atom stereocenters. The molecule has 2 heterocycles. The summed E-state index contributed by atoms with van der Waals surface area (Å²) < 4.78 is 91.8. The summed E-state index contributed by atoms with van der Waals surface area (Å²) in [7, 11) is 0. The Balaban J connectivity index is 1.10. The molecule has 0 saturated carbocycles. The second kappa shape index (κ2) is 19.7. The van der Waals surface area contributed by atoms with Gasteiger partial charge in [0.05, 0.1) is 50.5 Å². The van der Waals surface area contributed by atoms with E-state index in [1.54, 1.807) is 24.3 Å². The number of nitriles is 1. The molecule has 11 aromatic carbocycles. The molecule has 398 valence electrons. The van der Waals surface area contributed by atoms with Gasteiger partial charge in [-0.15, -0.1) is 0 Å². The quantitative estimate of drug-likeness (QED) is 0.140. The molecule has 0 aliphatic rings. The molecule has 0 amide bonds. The van der Waals surface area contributed by atoms with Gasteiger partial charge in [-0.05, 0) is 180 Å². The van der Waals surface area contributed by atoms with E-state index in [0.29, 0.717) is 22.5 Å². The highest BCUT2D eigenvalue weighted by molar-refractivity contribution is 6.13. The minimum atomic E-state index is -5.08. The lowest BCUT2D eigenvalue weighted by Gasteiger charge is -2.19. The number of hydrogen-bond donors (Lipinski definition) is 0. The summed E-state index contributed by atoms with van der Waals surface area (Å²) in [6.07, 6.45) is -10.2. The molecule has 0 N–H and O–H groups in total. The van der Waals surface area contributed by atoms with Crippen LogP contribution in [-0.4, -0.2) is 9.13 Å². The third-order valence-corrected chi connectivity index (χ3v) is 15.8. The fraction of sp³-hybridized carbons (Fsp3) is 0.0822. The van der Waals surface area contributed by atoms with Gasteiger partial charge in [0.1, 0.15) is 0 Å². The van der Waals surface area contributed by atoms with E-state index >= 15 is 0 Å². The summed E-state index contributed by atoms with van der Waals surface area (Å²) in [5.74, 6) is 0. The number of benzene rings is 11. The summed E-state index contributed by atoms with van der Waals surface area (Å²) in [5.41, 5.74) is 15.3. The van der Waals surface area contributed by atoms with E-state index in [4.69, 9.17) is 0 Å². The second-order valence-corrected chi connectivity index (χ2v) is 21.4. The molecule has 13 rings (SSSR count). The van der Waals surface area contributed by atoms with E-state index < -0.39 is 23.5 Å². The Morgan fingerprint density at radius 1 is 0.317 bits per heavy atom. The lowest BCUT2D eigenvalue weighted by atomic mass is 9.92. The van der Waals surface area contributed by atoms with Crippen LogP contribution >= 0.6 is 0 Å². The van der Waals surface area contributed by atoms with E-state index in [1.807, 2.05) is 62.4 Å². The van der Waals surface area contributed by atoms with Crippen molar-refractivity contribution in [3.8, 4) is 84.2 Å². The van der Waals surface area contributed by atoms with Crippen molar-refractivity contribution < 1.29 is 26.3 Å². The van der Waals surface area contributed by atoms with Crippen molar-refractivity contribution in [1.82, 2.24) is 9.13 Å². The SMILES string of the molecule is Cc1cccc(-c2ccc3c(c2)c2cc(-c4cccc(C)c4)ccc2n3-c2ccc(C#N)c(-c3cc(-c4cc(C(F)(F)F)cc(C(F)(F)F)c4)ccc3-n3c4ccc(-c5cccc(C)c5)cc4c4cc(-c5cccc(C)c5)ccc43)c2)c1. The van der Waals surface area contributed by atoms with Gasteiger partial charge in [0, 0.05) is 38.4 Å². The van der Waals surface area contributed by atoms with Gasteiger partial charge in [-0.3, -0.25) is 0 Å². The average Bonchev–Trinajstić information content (AvgIpc) is 3.90. The first-order valence-corrected chi connectivity index (χ1v) is 26.9. The molecular formula is C73H49F6N3. The molecule has 0 aliphatic carbocycles. The molecule has 0 saturated heterocycles. The summed E-state index contributed by atoms with van der Waals surface area (Å²) in [6.45, 7) is 8.23. The Labute approximate surface area is 469 Å². The number of aryl methyl sites for hydroxylation is 4. The van der Waals surface area contributed by atoms with Crippen LogP contribution in [0.25, 0.3) is 122 Å². The van der Waals surface area contributed by atoms with Gasteiger partial charge < -0.3 is 9.13 Å². The molecule has 9 heteroatoms. The largest absolute Gasteiger partial charge is 0.416 e. The predicted molar refractivity (Wildman–Crippen MR) is 321 cm³/mol. The molecular weight excluding hydrogens is 1030 g/mol. The van der Waals surface area contributed by atoms with Gasteiger partial charge in [-0.25, -0.2) is 0 Å². The van der Waals surface area contributed by atoms with Gasteiger partial charge in [0.2, 0.25) is 0 Å². The number of fused-ring (bicyclic) bond motifs is 6.